The quantitative estimate of drug-likeness (QED) is 0.666. The number of hydrogen-bond acceptors (Lipinski definition) is 3. The van der Waals surface area contributed by atoms with Crippen LogP contribution in [0.3, 0.4) is 0 Å². The minimum absolute atomic E-state index is 0.558. The van der Waals surface area contributed by atoms with Crippen molar-refractivity contribution in [2.24, 2.45) is 5.92 Å². The van der Waals surface area contributed by atoms with E-state index < -0.39 is 0 Å². The monoisotopic (exact) mass is 282 g/mol. The first kappa shape index (κ1) is 16.3. The van der Waals surface area contributed by atoms with Crippen LogP contribution in [0.2, 0.25) is 0 Å². The van der Waals surface area contributed by atoms with Crippen LogP contribution >= 0.6 is 0 Å². The molecule has 3 heteroatoms. The van der Waals surface area contributed by atoms with Crippen LogP contribution in [-0.2, 0) is 4.74 Å². The van der Waals surface area contributed by atoms with Gasteiger partial charge in [-0.2, -0.15) is 0 Å². The number of rotatable bonds is 10. The van der Waals surface area contributed by atoms with E-state index in [2.05, 4.69) is 24.1 Å². The van der Waals surface area contributed by atoms with Crippen LogP contribution in [0.5, 0.6) is 0 Å². The first-order chi connectivity index (χ1) is 9.70. The lowest BCUT2D eigenvalue weighted by Gasteiger charge is -2.37. The van der Waals surface area contributed by atoms with Gasteiger partial charge in [0.15, 0.2) is 0 Å². The van der Waals surface area contributed by atoms with E-state index in [9.17, 15) is 0 Å². The standard InChI is InChI=1S/C17H34N2O/c1-14(2)10-11-19(16-6-4-5-7-16)17(13-20-3)12-18-15-8-9-15/h14-18H,4-13H2,1-3H3. The lowest BCUT2D eigenvalue weighted by molar-refractivity contribution is 0.0575. The molecule has 2 saturated carbocycles. The van der Waals surface area contributed by atoms with E-state index in [1.807, 2.05) is 7.11 Å². The van der Waals surface area contributed by atoms with Crippen molar-refractivity contribution < 1.29 is 4.74 Å². The maximum absolute atomic E-state index is 5.52. The normalized spacial score (nSPS) is 22.1. The highest BCUT2D eigenvalue weighted by molar-refractivity contribution is 4.88. The Bertz CT molecular complexity index is 260. The van der Waals surface area contributed by atoms with E-state index in [0.717, 1.165) is 31.2 Å². The minimum atomic E-state index is 0.558. The predicted molar refractivity (Wildman–Crippen MR) is 85.1 cm³/mol. The number of nitrogens with one attached hydrogen (secondary N) is 1. The average molecular weight is 282 g/mol. The summed E-state index contributed by atoms with van der Waals surface area (Å²) in [5.41, 5.74) is 0. The summed E-state index contributed by atoms with van der Waals surface area (Å²) in [6, 6.07) is 2.15. The summed E-state index contributed by atoms with van der Waals surface area (Å²) < 4.78 is 5.52. The Morgan fingerprint density at radius 3 is 2.40 bits per heavy atom. The summed E-state index contributed by atoms with van der Waals surface area (Å²) in [5, 5.41) is 3.71. The van der Waals surface area contributed by atoms with Crippen molar-refractivity contribution in [3.63, 3.8) is 0 Å². The van der Waals surface area contributed by atoms with Gasteiger partial charge in [0.05, 0.1) is 6.61 Å². The molecule has 0 aromatic carbocycles. The number of methoxy groups -OCH3 is 1. The number of ether oxygens (including phenoxy) is 1. The van der Waals surface area contributed by atoms with Crippen LogP contribution in [0.1, 0.15) is 58.8 Å². The van der Waals surface area contributed by atoms with Crippen molar-refractivity contribution in [1.29, 1.82) is 0 Å². The fourth-order valence-corrected chi connectivity index (χ4v) is 3.36. The molecule has 3 nitrogen and oxygen atoms in total. The third kappa shape index (κ3) is 5.34. The highest BCUT2D eigenvalue weighted by Gasteiger charge is 2.30. The molecule has 0 spiro atoms. The molecule has 1 atom stereocenters. The molecule has 2 aliphatic rings. The molecule has 1 N–H and O–H groups in total. The van der Waals surface area contributed by atoms with Gasteiger partial charge in [0.25, 0.3) is 0 Å². The molecule has 2 fully saturated rings. The lowest BCUT2D eigenvalue weighted by atomic mass is 10.1. The van der Waals surface area contributed by atoms with Crippen molar-refractivity contribution in [3.05, 3.63) is 0 Å². The Morgan fingerprint density at radius 1 is 1.15 bits per heavy atom. The molecule has 0 bridgehead atoms. The van der Waals surface area contributed by atoms with Gasteiger partial charge in [0.1, 0.15) is 0 Å². The largest absolute Gasteiger partial charge is 0.383 e. The Kier molecular flexibility index (Phi) is 6.79. The van der Waals surface area contributed by atoms with E-state index in [4.69, 9.17) is 4.74 Å². The van der Waals surface area contributed by atoms with Gasteiger partial charge in [-0.15, -0.1) is 0 Å². The van der Waals surface area contributed by atoms with Gasteiger partial charge in [-0.05, 0) is 44.6 Å². The van der Waals surface area contributed by atoms with E-state index in [1.54, 1.807) is 0 Å². The molecular weight excluding hydrogens is 248 g/mol. The zero-order chi connectivity index (χ0) is 14.4. The first-order valence-electron chi connectivity index (χ1n) is 8.68. The van der Waals surface area contributed by atoms with Crippen molar-refractivity contribution >= 4 is 0 Å². The highest BCUT2D eigenvalue weighted by Crippen LogP contribution is 2.26. The van der Waals surface area contributed by atoms with Gasteiger partial charge in [-0.3, -0.25) is 4.90 Å². The second-order valence-corrected chi connectivity index (χ2v) is 7.15. The second kappa shape index (κ2) is 8.35. The van der Waals surface area contributed by atoms with Crippen molar-refractivity contribution in [2.75, 3.05) is 26.8 Å². The molecule has 2 rings (SSSR count). The van der Waals surface area contributed by atoms with Crippen molar-refractivity contribution in [2.45, 2.75) is 76.9 Å². The molecule has 2 aliphatic carbocycles. The van der Waals surface area contributed by atoms with Gasteiger partial charge in [0.2, 0.25) is 0 Å². The van der Waals surface area contributed by atoms with Gasteiger partial charge in [0, 0.05) is 31.8 Å². The van der Waals surface area contributed by atoms with E-state index in [-0.39, 0.29) is 0 Å². The fourth-order valence-electron chi connectivity index (χ4n) is 3.36. The molecular formula is C17H34N2O. The third-order valence-corrected chi connectivity index (χ3v) is 4.81. The Hall–Kier alpha value is -0.120. The zero-order valence-corrected chi connectivity index (χ0v) is 13.7. The van der Waals surface area contributed by atoms with Crippen LogP contribution in [0.15, 0.2) is 0 Å². The number of nitrogens with zero attached hydrogens (tertiary/aromatic N) is 1. The Morgan fingerprint density at radius 2 is 1.85 bits per heavy atom. The fraction of sp³-hybridized carbons (Fsp3) is 1.00. The topological polar surface area (TPSA) is 24.5 Å². The van der Waals surface area contributed by atoms with Crippen LogP contribution in [-0.4, -0.2) is 49.8 Å². The molecule has 0 radical (unpaired) electrons. The van der Waals surface area contributed by atoms with Crippen LogP contribution < -0.4 is 5.32 Å². The van der Waals surface area contributed by atoms with E-state index >= 15 is 0 Å². The van der Waals surface area contributed by atoms with Crippen LogP contribution in [0, 0.1) is 5.92 Å². The molecule has 0 amide bonds. The van der Waals surface area contributed by atoms with Crippen LogP contribution in [0.4, 0.5) is 0 Å². The zero-order valence-electron chi connectivity index (χ0n) is 13.7. The summed E-state index contributed by atoms with van der Waals surface area (Å²) in [4.78, 5) is 2.77. The van der Waals surface area contributed by atoms with E-state index in [1.165, 1.54) is 51.5 Å². The summed E-state index contributed by atoms with van der Waals surface area (Å²) in [6.07, 6.45) is 9.66. The summed E-state index contributed by atoms with van der Waals surface area (Å²) in [7, 11) is 1.85. The van der Waals surface area contributed by atoms with Gasteiger partial charge in [-0.1, -0.05) is 26.7 Å². The Balaban J connectivity index is 1.90. The molecule has 0 aliphatic heterocycles. The molecule has 1 unspecified atom stereocenters. The maximum atomic E-state index is 5.52. The second-order valence-electron chi connectivity index (χ2n) is 7.15. The van der Waals surface area contributed by atoms with E-state index in [0.29, 0.717) is 6.04 Å². The third-order valence-electron chi connectivity index (χ3n) is 4.81. The summed E-state index contributed by atoms with van der Waals surface area (Å²) >= 11 is 0. The summed E-state index contributed by atoms with van der Waals surface area (Å²) in [5.74, 6) is 0.790. The lowest BCUT2D eigenvalue weighted by Crippen LogP contribution is -2.50. The first-order valence-corrected chi connectivity index (χ1v) is 8.68. The smallest absolute Gasteiger partial charge is 0.0630 e. The molecule has 0 aromatic heterocycles. The average Bonchev–Trinajstić information content (AvgIpc) is 3.09. The molecule has 20 heavy (non-hydrogen) atoms. The Labute approximate surface area is 125 Å². The maximum Gasteiger partial charge on any atom is 0.0630 e. The SMILES string of the molecule is COCC(CNC1CC1)N(CCC(C)C)C1CCCC1. The van der Waals surface area contributed by atoms with Crippen molar-refractivity contribution in [3.8, 4) is 0 Å². The van der Waals surface area contributed by atoms with Crippen LogP contribution in [0.25, 0.3) is 0 Å². The highest BCUT2D eigenvalue weighted by atomic mass is 16.5. The molecule has 0 aromatic rings. The molecule has 0 saturated heterocycles. The summed E-state index contributed by atoms with van der Waals surface area (Å²) in [6.45, 7) is 7.88. The number of hydrogen-bond donors (Lipinski definition) is 1. The molecule has 0 heterocycles. The van der Waals surface area contributed by atoms with Gasteiger partial charge < -0.3 is 10.1 Å². The van der Waals surface area contributed by atoms with Gasteiger partial charge >= 0.3 is 0 Å². The van der Waals surface area contributed by atoms with Crippen molar-refractivity contribution in [1.82, 2.24) is 10.2 Å². The van der Waals surface area contributed by atoms with Gasteiger partial charge in [-0.25, -0.2) is 0 Å². The minimum Gasteiger partial charge on any atom is -0.383 e. The molecule has 118 valence electrons. The predicted octanol–water partition coefficient (Wildman–Crippen LogP) is 3.04.